The van der Waals surface area contributed by atoms with Gasteiger partial charge in [0.25, 0.3) is 0 Å². The van der Waals surface area contributed by atoms with E-state index in [0.29, 0.717) is 0 Å². The predicted octanol–water partition coefficient (Wildman–Crippen LogP) is 4.49. The van der Waals surface area contributed by atoms with Gasteiger partial charge in [-0.3, -0.25) is 9.42 Å². The van der Waals surface area contributed by atoms with Gasteiger partial charge in [0.05, 0.1) is 0 Å². The van der Waals surface area contributed by atoms with E-state index in [-0.39, 0.29) is 11.3 Å². The van der Waals surface area contributed by atoms with Gasteiger partial charge in [-0.2, -0.15) is 13.2 Å². The van der Waals surface area contributed by atoms with E-state index in [1.54, 1.807) is 6.07 Å². The van der Waals surface area contributed by atoms with Crippen LogP contribution in [0.15, 0.2) is 60.7 Å². The maximum atomic E-state index is 13.1. The first-order valence-corrected chi connectivity index (χ1v) is 7.65. The van der Waals surface area contributed by atoms with Crippen molar-refractivity contribution in [3.05, 3.63) is 66.2 Å². The lowest BCUT2D eigenvalue weighted by atomic mass is 10.1. The van der Waals surface area contributed by atoms with Crippen LogP contribution in [-0.4, -0.2) is 11.1 Å². The van der Waals surface area contributed by atoms with E-state index in [1.165, 1.54) is 42.5 Å². The third-order valence-corrected chi connectivity index (χ3v) is 3.52. The van der Waals surface area contributed by atoms with Crippen LogP contribution in [0.3, 0.4) is 0 Å². The van der Waals surface area contributed by atoms with Crippen molar-refractivity contribution in [1.29, 1.82) is 0 Å². The number of phosphoric acid groups is 1. The standard InChI is InChI=1S/C14H12F3O4P/c15-14(16,17)13(11-7-3-1-4-8-11)21-22(18,19)20-12-9-5-2-6-10-12/h1-10,13H,(H,18,19)/t13-/m1/s1. The number of alkyl halides is 3. The smallest absolute Gasteiger partial charge is 0.404 e. The van der Waals surface area contributed by atoms with Gasteiger partial charge < -0.3 is 4.52 Å². The summed E-state index contributed by atoms with van der Waals surface area (Å²) in [5, 5.41) is 0. The van der Waals surface area contributed by atoms with E-state index in [4.69, 9.17) is 0 Å². The summed E-state index contributed by atoms with van der Waals surface area (Å²) in [4.78, 5) is 9.57. The predicted molar refractivity (Wildman–Crippen MR) is 73.2 cm³/mol. The van der Waals surface area contributed by atoms with E-state index in [1.807, 2.05) is 0 Å². The monoisotopic (exact) mass is 332 g/mol. The van der Waals surface area contributed by atoms with Crippen molar-refractivity contribution < 1.29 is 31.7 Å². The van der Waals surface area contributed by atoms with Gasteiger partial charge in [0.15, 0.2) is 6.10 Å². The van der Waals surface area contributed by atoms with E-state index < -0.39 is 20.1 Å². The Morgan fingerprint density at radius 3 is 1.95 bits per heavy atom. The zero-order chi connectivity index (χ0) is 16.2. The van der Waals surface area contributed by atoms with Crippen LogP contribution in [0, 0.1) is 0 Å². The van der Waals surface area contributed by atoms with Gasteiger partial charge in [-0.05, 0) is 17.7 Å². The van der Waals surface area contributed by atoms with Crippen molar-refractivity contribution in [1.82, 2.24) is 0 Å². The minimum Gasteiger partial charge on any atom is -0.404 e. The molecular formula is C14H12F3O4P. The lowest BCUT2D eigenvalue weighted by Gasteiger charge is -2.23. The summed E-state index contributed by atoms with van der Waals surface area (Å²) in [6.07, 6.45) is -7.42. The minimum atomic E-state index is -4.95. The zero-order valence-corrected chi connectivity index (χ0v) is 12.0. The highest BCUT2D eigenvalue weighted by molar-refractivity contribution is 7.47. The third-order valence-electron chi connectivity index (χ3n) is 2.60. The van der Waals surface area contributed by atoms with Gasteiger partial charge in [-0.15, -0.1) is 0 Å². The Balaban J connectivity index is 2.21. The molecule has 4 nitrogen and oxygen atoms in total. The van der Waals surface area contributed by atoms with Gasteiger partial charge in [-0.1, -0.05) is 48.5 Å². The van der Waals surface area contributed by atoms with Crippen molar-refractivity contribution in [2.24, 2.45) is 0 Å². The van der Waals surface area contributed by atoms with Crippen molar-refractivity contribution in [2.75, 3.05) is 0 Å². The summed E-state index contributed by atoms with van der Waals surface area (Å²) >= 11 is 0. The molecule has 2 rings (SSSR count). The van der Waals surface area contributed by atoms with Crippen LogP contribution in [0.5, 0.6) is 5.75 Å². The van der Waals surface area contributed by atoms with Crippen LogP contribution >= 0.6 is 7.82 Å². The molecule has 8 heteroatoms. The molecule has 0 amide bonds. The van der Waals surface area contributed by atoms with Crippen molar-refractivity contribution >= 4 is 7.82 Å². The fourth-order valence-electron chi connectivity index (χ4n) is 1.71. The Morgan fingerprint density at radius 2 is 1.45 bits per heavy atom. The molecule has 0 radical (unpaired) electrons. The van der Waals surface area contributed by atoms with E-state index in [2.05, 4.69) is 9.05 Å². The number of phosphoric ester groups is 1. The van der Waals surface area contributed by atoms with Gasteiger partial charge in [0.2, 0.25) is 0 Å². The second-order valence-corrected chi connectivity index (χ2v) is 5.64. The normalized spacial score (nSPS) is 15.8. The zero-order valence-electron chi connectivity index (χ0n) is 11.1. The number of hydrogen-bond acceptors (Lipinski definition) is 3. The molecular weight excluding hydrogens is 320 g/mol. The molecule has 0 fully saturated rings. The molecule has 0 aromatic heterocycles. The van der Waals surface area contributed by atoms with Crippen LogP contribution in [0.25, 0.3) is 0 Å². The Kier molecular flexibility index (Phi) is 4.90. The average molecular weight is 332 g/mol. The quantitative estimate of drug-likeness (QED) is 0.820. The van der Waals surface area contributed by atoms with Crippen LogP contribution in [0.2, 0.25) is 0 Å². The molecule has 0 aliphatic heterocycles. The molecule has 2 aromatic carbocycles. The molecule has 2 aromatic rings. The number of hydrogen-bond donors (Lipinski definition) is 1. The van der Waals surface area contributed by atoms with E-state index >= 15 is 0 Å². The summed E-state index contributed by atoms with van der Waals surface area (Å²) < 4.78 is 60.0. The highest BCUT2D eigenvalue weighted by Gasteiger charge is 2.46. The Bertz CT molecular complexity index is 646. The summed E-state index contributed by atoms with van der Waals surface area (Å²) in [5.74, 6) is -0.0673. The van der Waals surface area contributed by atoms with Gasteiger partial charge in [-0.25, -0.2) is 4.57 Å². The van der Waals surface area contributed by atoms with Crippen LogP contribution < -0.4 is 4.52 Å². The van der Waals surface area contributed by atoms with Crippen LogP contribution in [0.4, 0.5) is 13.2 Å². The Morgan fingerprint density at radius 1 is 0.955 bits per heavy atom. The highest BCUT2D eigenvalue weighted by Crippen LogP contribution is 2.52. The summed E-state index contributed by atoms with van der Waals surface area (Å²) in [6.45, 7) is 0. The maximum Gasteiger partial charge on any atom is 0.528 e. The number of benzene rings is 2. The lowest BCUT2D eigenvalue weighted by molar-refractivity contribution is -0.201. The van der Waals surface area contributed by atoms with Crippen LogP contribution in [-0.2, 0) is 9.09 Å². The summed E-state index contributed by atoms with van der Waals surface area (Å²) in [6, 6.07) is 13.9. The number of halogens is 3. The largest absolute Gasteiger partial charge is 0.528 e. The molecule has 1 unspecified atom stereocenters. The third kappa shape index (κ3) is 4.59. The molecule has 0 heterocycles. The first kappa shape index (κ1) is 16.5. The molecule has 0 aliphatic carbocycles. The molecule has 2 atom stereocenters. The lowest BCUT2D eigenvalue weighted by Crippen LogP contribution is -2.23. The average Bonchev–Trinajstić information content (AvgIpc) is 2.45. The van der Waals surface area contributed by atoms with Gasteiger partial charge in [0, 0.05) is 0 Å². The molecule has 0 spiro atoms. The molecule has 0 aliphatic rings. The Labute approximate surface area is 124 Å². The van der Waals surface area contributed by atoms with Crippen LogP contribution in [0.1, 0.15) is 11.7 Å². The van der Waals surface area contributed by atoms with Crippen molar-refractivity contribution in [3.8, 4) is 5.75 Å². The molecule has 1 N–H and O–H groups in total. The first-order chi connectivity index (χ1) is 10.3. The fourth-order valence-corrected chi connectivity index (χ4v) is 2.65. The topological polar surface area (TPSA) is 55.8 Å². The molecule has 0 saturated heterocycles. The SMILES string of the molecule is O=P(O)(Oc1ccccc1)O[C@H](c1ccccc1)C(F)(F)F. The highest BCUT2D eigenvalue weighted by atomic mass is 31.2. The molecule has 0 bridgehead atoms. The Hall–Kier alpha value is -1.82. The van der Waals surface area contributed by atoms with Gasteiger partial charge in [0.1, 0.15) is 5.75 Å². The number of para-hydroxylation sites is 1. The summed E-state index contributed by atoms with van der Waals surface area (Å²) in [7, 11) is -4.95. The molecule has 22 heavy (non-hydrogen) atoms. The maximum absolute atomic E-state index is 13.1. The van der Waals surface area contributed by atoms with Crippen molar-refractivity contribution in [3.63, 3.8) is 0 Å². The summed E-state index contributed by atoms with van der Waals surface area (Å²) in [5.41, 5.74) is -0.291. The molecule has 118 valence electrons. The second-order valence-electron chi connectivity index (χ2n) is 4.31. The number of rotatable bonds is 5. The van der Waals surface area contributed by atoms with E-state index in [9.17, 15) is 22.6 Å². The second kappa shape index (κ2) is 6.52. The van der Waals surface area contributed by atoms with Gasteiger partial charge >= 0.3 is 14.0 Å². The van der Waals surface area contributed by atoms with E-state index in [0.717, 1.165) is 12.1 Å². The minimum absolute atomic E-state index is 0.0673. The first-order valence-electron chi connectivity index (χ1n) is 6.15. The molecule has 0 saturated carbocycles. The van der Waals surface area contributed by atoms with Crippen molar-refractivity contribution in [2.45, 2.75) is 12.3 Å². The fraction of sp³-hybridized carbons (Fsp3) is 0.143.